The third-order valence-corrected chi connectivity index (χ3v) is 8.71. The van der Waals surface area contributed by atoms with E-state index >= 15 is 0 Å². The molecular weight excluding hydrogens is 540 g/mol. The van der Waals surface area contributed by atoms with Crippen molar-refractivity contribution in [1.29, 1.82) is 0 Å². The van der Waals surface area contributed by atoms with Crippen LogP contribution < -0.4 is 0 Å². The van der Waals surface area contributed by atoms with E-state index in [4.69, 9.17) is 18.9 Å². The molecule has 42 heavy (non-hydrogen) atoms. The summed E-state index contributed by atoms with van der Waals surface area (Å²) in [6.07, 6.45) is -1.24. The molecule has 5 atom stereocenters. The summed E-state index contributed by atoms with van der Waals surface area (Å²) >= 11 is 1.67. The summed E-state index contributed by atoms with van der Waals surface area (Å²) in [7, 11) is 0. The highest BCUT2D eigenvalue weighted by Gasteiger charge is 2.47. The Morgan fingerprint density at radius 2 is 1.05 bits per heavy atom. The van der Waals surface area contributed by atoms with Gasteiger partial charge in [0.1, 0.15) is 23.7 Å². The summed E-state index contributed by atoms with van der Waals surface area (Å²) in [4.78, 5) is 1.13. The van der Waals surface area contributed by atoms with Crippen molar-refractivity contribution in [3.8, 4) is 0 Å². The number of benzene rings is 5. The van der Waals surface area contributed by atoms with E-state index in [1.54, 1.807) is 11.8 Å². The second kappa shape index (κ2) is 14.1. The SMILES string of the molecule is C[C@@H]1O[C@H](Sc2ccccc2)[C@@H](OCc2ccccc2)[C@H](OCc2ccccc2)[C@@H]1OCc1ccc2ccccc2c1. The molecule has 0 N–H and O–H groups in total. The van der Waals surface area contributed by atoms with Gasteiger partial charge in [0, 0.05) is 4.90 Å². The minimum atomic E-state index is -0.364. The first-order valence-corrected chi connectivity index (χ1v) is 15.4. The third-order valence-electron chi connectivity index (χ3n) is 7.55. The molecule has 0 amide bonds. The van der Waals surface area contributed by atoms with Crippen LogP contribution in [0, 0.1) is 0 Å². The molecule has 5 aromatic carbocycles. The molecule has 5 aromatic rings. The smallest absolute Gasteiger partial charge is 0.136 e. The molecule has 5 heteroatoms. The molecule has 1 saturated heterocycles. The van der Waals surface area contributed by atoms with Gasteiger partial charge < -0.3 is 18.9 Å². The van der Waals surface area contributed by atoms with Crippen molar-refractivity contribution in [2.45, 2.75) is 61.5 Å². The zero-order valence-electron chi connectivity index (χ0n) is 23.8. The summed E-state index contributed by atoms with van der Waals surface area (Å²) in [5, 5.41) is 2.42. The van der Waals surface area contributed by atoms with Gasteiger partial charge in [-0.3, -0.25) is 0 Å². The van der Waals surface area contributed by atoms with Gasteiger partial charge in [-0.05, 0) is 52.6 Å². The lowest BCUT2D eigenvalue weighted by Crippen LogP contribution is -2.58. The molecule has 214 valence electrons. The fourth-order valence-electron chi connectivity index (χ4n) is 5.35. The van der Waals surface area contributed by atoms with E-state index in [-0.39, 0.29) is 29.9 Å². The quantitative estimate of drug-likeness (QED) is 0.158. The van der Waals surface area contributed by atoms with Crippen LogP contribution in [0.25, 0.3) is 10.8 Å². The Balaban J connectivity index is 1.27. The summed E-state index contributed by atoms with van der Waals surface area (Å²) in [6.45, 7) is 3.45. The van der Waals surface area contributed by atoms with Crippen LogP contribution in [0.2, 0.25) is 0 Å². The summed E-state index contributed by atoms with van der Waals surface area (Å²) in [5.74, 6) is 0. The molecule has 0 spiro atoms. The highest BCUT2D eigenvalue weighted by molar-refractivity contribution is 7.99. The Labute approximate surface area is 252 Å². The van der Waals surface area contributed by atoms with E-state index in [0.29, 0.717) is 19.8 Å². The average Bonchev–Trinajstić information content (AvgIpc) is 3.04. The fraction of sp³-hybridized carbons (Fsp3) is 0.243. The predicted molar refractivity (Wildman–Crippen MR) is 169 cm³/mol. The van der Waals surface area contributed by atoms with Crippen molar-refractivity contribution in [1.82, 2.24) is 0 Å². The van der Waals surface area contributed by atoms with Crippen LogP contribution in [-0.2, 0) is 38.8 Å². The van der Waals surface area contributed by atoms with Crippen molar-refractivity contribution in [2.75, 3.05) is 0 Å². The van der Waals surface area contributed by atoms with E-state index < -0.39 is 0 Å². The van der Waals surface area contributed by atoms with E-state index in [2.05, 4.69) is 85.8 Å². The Morgan fingerprint density at radius 1 is 0.524 bits per heavy atom. The highest BCUT2D eigenvalue weighted by Crippen LogP contribution is 2.38. The second-order valence-corrected chi connectivity index (χ2v) is 11.8. The molecule has 0 bridgehead atoms. The molecule has 0 radical (unpaired) electrons. The molecule has 1 aliphatic heterocycles. The maximum Gasteiger partial charge on any atom is 0.136 e. The summed E-state index contributed by atoms with van der Waals surface area (Å²) in [6, 6.07) is 45.7. The van der Waals surface area contributed by atoms with Crippen molar-refractivity contribution < 1.29 is 18.9 Å². The number of rotatable bonds is 11. The molecule has 6 rings (SSSR count). The number of fused-ring (bicyclic) bond motifs is 1. The first-order chi connectivity index (χ1) is 20.7. The van der Waals surface area contributed by atoms with Crippen molar-refractivity contribution in [3.05, 3.63) is 150 Å². The molecule has 0 aliphatic carbocycles. The van der Waals surface area contributed by atoms with Crippen molar-refractivity contribution in [3.63, 3.8) is 0 Å². The molecule has 4 nitrogen and oxygen atoms in total. The molecule has 0 unspecified atom stereocenters. The second-order valence-electron chi connectivity index (χ2n) is 10.6. The normalized spacial score (nSPS) is 22.3. The number of thioether (sulfide) groups is 1. The molecule has 1 aliphatic rings. The van der Waals surface area contributed by atoms with E-state index in [1.807, 2.05) is 54.6 Å². The van der Waals surface area contributed by atoms with Crippen LogP contribution in [0.1, 0.15) is 23.6 Å². The molecular formula is C37H36O4S. The van der Waals surface area contributed by atoms with Crippen LogP contribution in [0.3, 0.4) is 0 Å². The largest absolute Gasteiger partial charge is 0.368 e. The maximum atomic E-state index is 6.74. The standard InChI is InChI=1S/C37H36O4S/c1-27-34(38-26-30-21-22-31-17-11-12-18-32(31)23-30)35(39-24-28-13-5-2-6-14-28)36(40-25-29-15-7-3-8-16-29)37(41-27)42-33-19-9-4-10-20-33/h2-23,27,34-37H,24-26H2,1H3/t27-,34+,35+,36-,37+/m0/s1. The fourth-order valence-corrected chi connectivity index (χ4v) is 6.53. The highest BCUT2D eigenvalue weighted by atomic mass is 32.2. The summed E-state index contributed by atoms with van der Waals surface area (Å²) in [5.41, 5.74) is 3.06. The van der Waals surface area contributed by atoms with Gasteiger partial charge in [-0.15, -0.1) is 0 Å². The third kappa shape index (κ3) is 7.30. The maximum absolute atomic E-state index is 6.74. The zero-order chi connectivity index (χ0) is 28.6. The van der Waals surface area contributed by atoms with Crippen LogP contribution in [0.5, 0.6) is 0 Å². The van der Waals surface area contributed by atoms with Gasteiger partial charge in [-0.2, -0.15) is 0 Å². The minimum absolute atomic E-state index is 0.205. The van der Waals surface area contributed by atoms with Crippen molar-refractivity contribution >= 4 is 22.5 Å². The van der Waals surface area contributed by atoms with Crippen LogP contribution in [0.4, 0.5) is 0 Å². The van der Waals surface area contributed by atoms with Gasteiger partial charge in [0.2, 0.25) is 0 Å². The van der Waals surface area contributed by atoms with E-state index in [1.165, 1.54) is 10.8 Å². The Morgan fingerprint density at radius 3 is 1.71 bits per heavy atom. The van der Waals surface area contributed by atoms with Gasteiger partial charge in [0.15, 0.2) is 0 Å². The molecule has 0 saturated carbocycles. The summed E-state index contributed by atoms with van der Waals surface area (Å²) < 4.78 is 26.8. The Kier molecular flexibility index (Phi) is 9.65. The van der Waals surface area contributed by atoms with E-state index in [9.17, 15) is 0 Å². The Hall–Kier alpha value is -3.45. The molecule has 1 fully saturated rings. The van der Waals surface area contributed by atoms with Gasteiger partial charge in [-0.1, -0.05) is 127 Å². The van der Waals surface area contributed by atoms with Gasteiger partial charge >= 0.3 is 0 Å². The molecule has 1 heterocycles. The zero-order valence-corrected chi connectivity index (χ0v) is 24.6. The Bertz CT molecular complexity index is 1530. The van der Waals surface area contributed by atoms with Crippen LogP contribution in [-0.4, -0.2) is 29.9 Å². The van der Waals surface area contributed by atoms with E-state index in [0.717, 1.165) is 21.6 Å². The lowest BCUT2D eigenvalue weighted by molar-refractivity contribution is -0.242. The number of hydrogen-bond acceptors (Lipinski definition) is 5. The average molecular weight is 577 g/mol. The van der Waals surface area contributed by atoms with Gasteiger partial charge in [0.05, 0.1) is 25.9 Å². The molecule has 0 aromatic heterocycles. The monoisotopic (exact) mass is 576 g/mol. The lowest BCUT2D eigenvalue weighted by atomic mass is 9.99. The van der Waals surface area contributed by atoms with Gasteiger partial charge in [-0.25, -0.2) is 0 Å². The van der Waals surface area contributed by atoms with Crippen LogP contribution in [0.15, 0.2) is 138 Å². The van der Waals surface area contributed by atoms with Crippen molar-refractivity contribution in [2.24, 2.45) is 0 Å². The van der Waals surface area contributed by atoms with Gasteiger partial charge in [0.25, 0.3) is 0 Å². The first-order valence-electron chi connectivity index (χ1n) is 14.5. The minimum Gasteiger partial charge on any atom is -0.368 e. The predicted octanol–water partition coefficient (Wildman–Crippen LogP) is 8.43. The number of hydrogen-bond donors (Lipinski definition) is 0. The lowest BCUT2D eigenvalue weighted by Gasteiger charge is -2.45. The first kappa shape index (κ1) is 28.7. The van der Waals surface area contributed by atoms with Crippen LogP contribution >= 0.6 is 11.8 Å². The number of ether oxygens (including phenoxy) is 4. The topological polar surface area (TPSA) is 36.9 Å².